The van der Waals surface area contributed by atoms with Crippen LogP contribution in [0.25, 0.3) is 27.4 Å². The van der Waals surface area contributed by atoms with Gasteiger partial charge < -0.3 is 10.1 Å². The Labute approximate surface area is 205 Å². The van der Waals surface area contributed by atoms with Gasteiger partial charge in [-0.2, -0.15) is 0 Å². The number of Topliss-reactive ketones (excluding diaryl/α,β-unsaturated/α-hetero) is 1. The minimum Gasteiger partial charge on any atom is -0.507 e. The molecule has 4 aromatic carbocycles. The number of carbonyl (C=O) groups is 2. The summed E-state index contributed by atoms with van der Waals surface area (Å²) in [5, 5.41) is 14.7. The number of fused-ring (bicyclic) bond motifs is 2. The van der Waals surface area contributed by atoms with E-state index in [1.807, 2.05) is 66.7 Å². The molecule has 1 atom stereocenters. The summed E-state index contributed by atoms with van der Waals surface area (Å²) in [6.45, 7) is 0. The highest BCUT2D eigenvalue weighted by Crippen LogP contribution is 2.44. The van der Waals surface area contributed by atoms with E-state index in [-0.39, 0.29) is 11.3 Å². The van der Waals surface area contributed by atoms with Crippen LogP contribution in [0, 0.1) is 0 Å². The predicted octanol–water partition coefficient (Wildman–Crippen LogP) is 6.60. The number of carbonyl (C=O) groups excluding carboxylic acids is 2. The van der Waals surface area contributed by atoms with E-state index in [9.17, 15) is 14.7 Å². The second kappa shape index (κ2) is 8.15. The first-order valence-electron chi connectivity index (χ1n) is 11.2. The molecule has 6 rings (SSSR count). The number of anilines is 1. The van der Waals surface area contributed by atoms with E-state index in [0.717, 1.165) is 27.2 Å². The highest BCUT2D eigenvalue weighted by molar-refractivity contribution is 6.52. The molecule has 1 aliphatic heterocycles. The van der Waals surface area contributed by atoms with E-state index >= 15 is 0 Å². The summed E-state index contributed by atoms with van der Waals surface area (Å²) in [6.07, 6.45) is 1.66. The number of benzene rings is 4. The standard InChI is InChI=1S/C29H19ClN2O3/c30-18-12-14-19(15-13-18)32-26(22-10-5-7-17-6-1-2-8-20(17)22)25(28(34)29(32)35)27(33)23-16-31-24-11-4-3-9-21(23)24/h1-16,26,31,33H/b27-25+. The predicted molar refractivity (Wildman–Crippen MR) is 138 cm³/mol. The number of hydrogen-bond acceptors (Lipinski definition) is 3. The molecule has 1 fully saturated rings. The van der Waals surface area contributed by atoms with Crippen molar-refractivity contribution in [3.63, 3.8) is 0 Å². The molecule has 6 heteroatoms. The second-order valence-corrected chi connectivity index (χ2v) is 8.90. The van der Waals surface area contributed by atoms with Gasteiger partial charge >= 0.3 is 0 Å². The topological polar surface area (TPSA) is 73.4 Å². The highest BCUT2D eigenvalue weighted by Gasteiger charge is 2.47. The lowest BCUT2D eigenvalue weighted by atomic mass is 9.91. The summed E-state index contributed by atoms with van der Waals surface area (Å²) in [7, 11) is 0. The second-order valence-electron chi connectivity index (χ2n) is 8.46. The van der Waals surface area contributed by atoms with Gasteiger partial charge in [0.25, 0.3) is 11.7 Å². The maximum Gasteiger partial charge on any atom is 0.300 e. The molecule has 5 aromatic rings. The van der Waals surface area contributed by atoms with Crippen molar-refractivity contribution < 1.29 is 14.7 Å². The minimum atomic E-state index is -0.823. The van der Waals surface area contributed by atoms with Crippen LogP contribution in [0.15, 0.2) is 103 Å². The number of hydrogen-bond donors (Lipinski definition) is 2. The third kappa shape index (κ3) is 3.32. The Kier molecular flexibility index (Phi) is 4.94. The van der Waals surface area contributed by atoms with Crippen molar-refractivity contribution >= 4 is 56.4 Å². The molecule has 170 valence electrons. The van der Waals surface area contributed by atoms with Crippen LogP contribution in [0.5, 0.6) is 0 Å². The summed E-state index contributed by atoms with van der Waals surface area (Å²) in [6, 6.07) is 27.0. The highest BCUT2D eigenvalue weighted by atomic mass is 35.5. The molecular weight excluding hydrogens is 460 g/mol. The minimum absolute atomic E-state index is 0.0473. The maximum absolute atomic E-state index is 13.5. The Morgan fingerprint density at radius 3 is 2.31 bits per heavy atom. The molecule has 0 saturated carbocycles. The Balaban J connectivity index is 1.65. The molecule has 1 amide bonds. The molecule has 0 radical (unpaired) electrons. The zero-order valence-corrected chi connectivity index (χ0v) is 19.2. The van der Waals surface area contributed by atoms with Crippen LogP contribution in [0.1, 0.15) is 17.2 Å². The number of aliphatic hydroxyl groups is 1. The Morgan fingerprint density at radius 1 is 0.829 bits per heavy atom. The van der Waals surface area contributed by atoms with E-state index in [1.54, 1.807) is 30.5 Å². The van der Waals surface area contributed by atoms with Crippen LogP contribution >= 0.6 is 11.6 Å². The van der Waals surface area contributed by atoms with Crippen LogP contribution in [-0.2, 0) is 9.59 Å². The fourth-order valence-corrected chi connectivity index (χ4v) is 5.02. The zero-order chi connectivity index (χ0) is 24.1. The fraction of sp³-hybridized carbons (Fsp3) is 0.0345. The Bertz CT molecular complexity index is 1660. The Hall–Kier alpha value is -4.35. The van der Waals surface area contributed by atoms with E-state index in [0.29, 0.717) is 16.3 Å². The van der Waals surface area contributed by atoms with Gasteiger partial charge in [0.15, 0.2) is 0 Å². The molecule has 1 saturated heterocycles. The van der Waals surface area contributed by atoms with Crippen molar-refractivity contribution in [3.05, 3.63) is 119 Å². The Morgan fingerprint density at radius 2 is 1.51 bits per heavy atom. The lowest BCUT2D eigenvalue weighted by Crippen LogP contribution is -2.29. The van der Waals surface area contributed by atoms with Gasteiger partial charge in [0.2, 0.25) is 0 Å². The summed E-state index contributed by atoms with van der Waals surface area (Å²) in [5.41, 5.74) is 2.61. The molecule has 35 heavy (non-hydrogen) atoms. The van der Waals surface area contributed by atoms with Gasteiger partial charge in [-0.15, -0.1) is 0 Å². The summed E-state index contributed by atoms with van der Waals surface area (Å²) in [4.78, 5) is 31.5. The molecule has 1 aliphatic rings. The lowest BCUT2D eigenvalue weighted by molar-refractivity contribution is -0.132. The first-order chi connectivity index (χ1) is 17.0. The molecule has 1 aromatic heterocycles. The number of aliphatic hydroxyl groups excluding tert-OH is 1. The van der Waals surface area contributed by atoms with E-state index in [2.05, 4.69) is 4.98 Å². The number of ketones is 1. The maximum atomic E-state index is 13.5. The average Bonchev–Trinajstić information content (AvgIpc) is 3.43. The molecule has 0 spiro atoms. The van der Waals surface area contributed by atoms with Gasteiger partial charge in [0.1, 0.15) is 5.76 Å². The first kappa shape index (κ1) is 21.2. The van der Waals surface area contributed by atoms with Crippen molar-refractivity contribution in [1.82, 2.24) is 4.98 Å². The molecule has 2 N–H and O–H groups in total. The first-order valence-corrected chi connectivity index (χ1v) is 11.5. The van der Waals surface area contributed by atoms with Gasteiger partial charge in [-0.1, -0.05) is 72.3 Å². The number of rotatable bonds is 3. The van der Waals surface area contributed by atoms with Crippen LogP contribution in [0.3, 0.4) is 0 Å². The zero-order valence-electron chi connectivity index (χ0n) is 18.4. The van der Waals surface area contributed by atoms with E-state index in [1.165, 1.54) is 4.90 Å². The van der Waals surface area contributed by atoms with Gasteiger partial charge in [0.05, 0.1) is 11.6 Å². The van der Waals surface area contributed by atoms with Gasteiger partial charge in [-0.3, -0.25) is 14.5 Å². The number of aromatic nitrogens is 1. The van der Waals surface area contributed by atoms with Crippen LogP contribution in [-0.4, -0.2) is 21.8 Å². The molecule has 2 heterocycles. The largest absolute Gasteiger partial charge is 0.507 e. The molecular formula is C29H19ClN2O3. The number of H-pyrrole nitrogens is 1. The molecule has 5 nitrogen and oxygen atoms in total. The number of halogens is 1. The van der Waals surface area contributed by atoms with E-state index in [4.69, 9.17) is 11.6 Å². The summed E-state index contributed by atoms with van der Waals surface area (Å²) in [5.74, 6) is -1.65. The van der Waals surface area contributed by atoms with Crippen molar-refractivity contribution in [2.45, 2.75) is 6.04 Å². The smallest absolute Gasteiger partial charge is 0.300 e. The lowest BCUT2D eigenvalue weighted by Gasteiger charge is -2.26. The van der Waals surface area contributed by atoms with Crippen molar-refractivity contribution in [3.8, 4) is 0 Å². The van der Waals surface area contributed by atoms with Gasteiger partial charge in [-0.05, 0) is 46.7 Å². The monoisotopic (exact) mass is 478 g/mol. The van der Waals surface area contributed by atoms with Gasteiger partial charge in [0, 0.05) is 33.4 Å². The summed E-state index contributed by atoms with van der Waals surface area (Å²) >= 11 is 6.09. The number of nitrogens with one attached hydrogen (secondary N) is 1. The van der Waals surface area contributed by atoms with Crippen LogP contribution < -0.4 is 4.90 Å². The quantitative estimate of drug-likeness (QED) is 0.174. The average molecular weight is 479 g/mol. The van der Waals surface area contributed by atoms with Crippen LogP contribution in [0.4, 0.5) is 5.69 Å². The normalized spacial score (nSPS) is 17.5. The van der Waals surface area contributed by atoms with Crippen molar-refractivity contribution in [2.24, 2.45) is 0 Å². The number of amides is 1. The molecule has 0 aliphatic carbocycles. The third-order valence-corrected chi connectivity index (χ3v) is 6.76. The fourth-order valence-electron chi connectivity index (χ4n) is 4.90. The van der Waals surface area contributed by atoms with Crippen molar-refractivity contribution in [1.29, 1.82) is 0 Å². The van der Waals surface area contributed by atoms with E-state index < -0.39 is 17.7 Å². The number of aromatic amines is 1. The number of para-hydroxylation sites is 1. The SMILES string of the molecule is O=C1C(=O)N(c2ccc(Cl)cc2)C(c2cccc3ccccc23)/C1=C(\O)c1c[nH]c2ccccc12. The van der Waals surface area contributed by atoms with Crippen molar-refractivity contribution in [2.75, 3.05) is 4.90 Å². The summed E-state index contributed by atoms with van der Waals surface area (Å²) < 4.78 is 0. The van der Waals surface area contributed by atoms with Crippen LogP contribution in [0.2, 0.25) is 5.02 Å². The third-order valence-electron chi connectivity index (χ3n) is 6.51. The molecule has 0 bridgehead atoms. The molecule has 1 unspecified atom stereocenters. The van der Waals surface area contributed by atoms with Gasteiger partial charge in [-0.25, -0.2) is 0 Å². The number of nitrogens with zero attached hydrogens (tertiary/aromatic N) is 1.